The molecule has 1 N–H and O–H groups in total. The van der Waals surface area contributed by atoms with Crippen molar-refractivity contribution >= 4 is 0 Å². The van der Waals surface area contributed by atoms with Crippen LogP contribution in [0.15, 0.2) is 30.3 Å². The van der Waals surface area contributed by atoms with Gasteiger partial charge in [0, 0.05) is 6.04 Å². The number of hydrogen-bond acceptors (Lipinski definition) is 1. The summed E-state index contributed by atoms with van der Waals surface area (Å²) < 4.78 is 0. The van der Waals surface area contributed by atoms with Gasteiger partial charge < -0.3 is 5.32 Å². The number of benzene rings is 1. The molecule has 2 atom stereocenters. The zero-order valence-corrected chi connectivity index (χ0v) is 11.6. The molecule has 17 heavy (non-hydrogen) atoms. The SMILES string of the molecule is CCCCC(NCCC)C(C)c1ccccc1. The van der Waals surface area contributed by atoms with Gasteiger partial charge in [0.15, 0.2) is 0 Å². The van der Waals surface area contributed by atoms with Crippen molar-refractivity contribution in [3.8, 4) is 0 Å². The summed E-state index contributed by atoms with van der Waals surface area (Å²) in [7, 11) is 0. The highest BCUT2D eigenvalue weighted by Crippen LogP contribution is 2.22. The molecule has 0 saturated heterocycles. The summed E-state index contributed by atoms with van der Waals surface area (Å²) >= 11 is 0. The standard InChI is InChI=1S/C16H27N/c1-4-6-12-16(17-13-5-2)14(3)15-10-8-7-9-11-15/h7-11,14,16-17H,4-6,12-13H2,1-3H3. The first-order valence-electron chi connectivity index (χ1n) is 7.07. The summed E-state index contributed by atoms with van der Waals surface area (Å²) in [5.41, 5.74) is 1.46. The van der Waals surface area contributed by atoms with Crippen LogP contribution in [0.25, 0.3) is 0 Å². The van der Waals surface area contributed by atoms with Gasteiger partial charge in [-0.15, -0.1) is 0 Å². The van der Waals surface area contributed by atoms with Gasteiger partial charge in [0.2, 0.25) is 0 Å². The molecule has 0 aliphatic heterocycles. The molecule has 2 unspecified atom stereocenters. The van der Waals surface area contributed by atoms with E-state index in [1.165, 1.54) is 31.2 Å². The van der Waals surface area contributed by atoms with E-state index in [0.717, 1.165) is 6.54 Å². The summed E-state index contributed by atoms with van der Waals surface area (Å²) in [6.07, 6.45) is 5.10. The Kier molecular flexibility index (Phi) is 6.95. The van der Waals surface area contributed by atoms with E-state index in [0.29, 0.717) is 12.0 Å². The second-order valence-corrected chi connectivity index (χ2v) is 4.90. The Bertz CT molecular complexity index is 273. The lowest BCUT2D eigenvalue weighted by molar-refractivity contribution is 0.413. The topological polar surface area (TPSA) is 12.0 Å². The quantitative estimate of drug-likeness (QED) is 0.704. The number of rotatable bonds is 8. The Morgan fingerprint density at radius 2 is 1.76 bits per heavy atom. The normalized spacial score (nSPS) is 14.5. The highest BCUT2D eigenvalue weighted by Gasteiger charge is 2.17. The van der Waals surface area contributed by atoms with E-state index in [-0.39, 0.29) is 0 Å². The molecule has 0 saturated carbocycles. The van der Waals surface area contributed by atoms with Crippen molar-refractivity contribution < 1.29 is 0 Å². The molecule has 0 aliphatic rings. The van der Waals surface area contributed by atoms with Gasteiger partial charge in [-0.1, -0.05) is 63.9 Å². The molecule has 1 nitrogen and oxygen atoms in total. The monoisotopic (exact) mass is 233 g/mol. The van der Waals surface area contributed by atoms with E-state index in [1.54, 1.807) is 0 Å². The Balaban J connectivity index is 2.61. The van der Waals surface area contributed by atoms with E-state index < -0.39 is 0 Å². The first kappa shape index (κ1) is 14.2. The average Bonchev–Trinajstić information content (AvgIpc) is 2.39. The van der Waals surface area contributed by atoms with Crippen LogP contribution in [-0.4, -0.2) is 12.6 Å². The molecule has 0 heterocycles. The zero-order chi connectivity index (χ0) is 12.5. The third-order valence-electron chi connectivity index (χ3n) is 3.45. The van der Waals surface area contributed by atoms with Gasteiger partial charge in [0.05, 0.1) is 0 Å². The van der Waals surface area contributed by atoms with Crippen LogP contribution in [0, 0.1) is 0 Å². The van der Waals surface area contributed by atoms with Crippen LogP contribution in [0.1, 0.15) is 57.9 Å². The van der Waals surface area contributed by atoms with Crippen molar-refractivity contribution in [2.45, 2.75) is 58.4 Å². The molecule has 1 rings (SSSR count). The minimum absolute atomic E-state index is 0.606. The molecule has 96 valence electrons. The molecular formula is C16H27N. The maximum absolute atomic E-state index is 3.70. The number of nitrogens with one attached hydrogen (secondary N) is 1. The molecule has 0 fully saturated rings. The van der Waals surface area contributed by atoms with E-state index in [1.807, 2.05) is 0 Å². The molecular weight excluding hydrogens is 206 g/mol. The highest BCUT2D eigenvalue weighted by molar-refractivity contribution is 5.20. The van der Waals surface area contributed by atoms with Crippen molar-refractivity contribution in [2.75, 3.05) is 6.54 Å². The van der Waals surface area contributed by atoms with Crippen LogP contribution in [0.4, 0.5) is 0 Å². The molecule has 1 aromatic carbocycles. The van der Waals surface area contributed by atoms with Gasteiger partial charge in [-0.2, -0.15) is 0 Å². The first-order chi connectivity index (χ1) is 8.29. The molecule has 0 aromatic heterocycles. The predicted octanol–water partition coefficient (Wildman–Crippen LogP) is 4.35. The van der Waals surface area contributed by atoms with E-state index >= 15 is 0 Å². The van der Waals surface area contributed by atoms with Gasteiger partial charge in [-0.05, 0) is 30.9 Å². The van der Waals surface area contributed by atoms with Crippen molar-refractivity contribution in [1.82, 2.24) is 5.32 Å². The van der Waals surface area contributed by atoms with Gasteiger partial charge in [0.25, 0.3) is 0 Å². The molecule has 1 heteroatoms. The smallest absolute Gasteiger partial charge is 0.0133 e. The highest BCUT2D eigenvalue weighted by atomic mass is 14.9. The average molecular weight is 233 g/mol. The second kappa shape index (κ2) is 8.30. The van der Waals surface area contributed by atoms with Crippen LogP contribution in [0.3, 0.4) is 0 Å². The Labute approximate surface area is 107 Å². The molecule has 0 aliphatic carbocycles. The summed E-state index contributed by atoms with van der Waals surface area (Å²) in [5.74, 6) is 0.606. The van der Waals surface area contributed by atoms with E-state index in [2.05, 4.69) is 56.4 Å². The Hall–Kier alpha value is -0.820. The second-order valence-electron chi connectivity index (χ2n) is 4.90. The van der Waals surface area contributed by atoms with Crippen LogP contribution in [0.2, 0.25) is 0 Å². The van der Waals surface area contributed by atoms with Crippen LogP contribution in [0.5, 0.6) is 0 Å². The van der Waals surface area contributed by atoms with Crippen molar-refractivity contribution in [3.05, 3.63) is 35.9 Å². The van der Waals surface area contributed by atoms with Crippen molar-refractivity contribution in [3.63, 3.8) is 0 Å². The lowest BCUT2D eigenvalue weighted by Crippen LogP contribution is -2.34. The fourth-order valence-electron chi connectivity index (χ4n) is 2.27. The molecule has 0 amide bonds. The maximum atomic E-state index is 3.70. The number of unbranched alkanes of at least 4 members (excludes halogenated alkanes) is 1. The maximum Gasteiger partial charge on any atom is 0.0133 e. The molecule has 0 spiro atoms. The molecule has 1 aromatic rings. The molecule has 0 radical (unpaired) electrons. The van der Waals surface area contributed by atoms with Gasteiger partial charge in [-0.25, -0.2) is 0 Å². The minimum Gasteiger partial charge on any atom is -0.313 e. The minimum atomic E-state index is 0.606. The van der Waals surface area contributed by atoms with Crippen LogP contribution < -0.4 is 5.32 Å². The summed E-state index contributed by atoms with van der Waals surface area (Å²) in [5, 5.41) is 3.70. The lowest BCUT2D eigenvalue weighted by Gasteiger charge is -2.25. The Morgan fingerprint density at radius 3 is 2.35 bits per heavy atom. The first-order valence-corrected chi connectivity index (χ1v) is 7.07. The Morgan fingerprint density at radius 1 is 1.06 bits per heavy atom. The summed E-state index contributed by atoms with van der Waals surface area (Å²) in [6, 6.07) is 11.5. The largest absolute Gasteiger partial charge is 0.313 e. The molecule has 0 bridgehead atoms. The van der Waals surface area contributed by atoms with E-state index in [9.17, 15) is 0 Å². The zero-order valence-electron chi connectivity index (χ0n) is 11.6. The van der Waals surface area contributed by atoms with Gasteiger partial charge in [-0.3, -0.25) is 0 Å². The van der Waals surface area contributed by atoms with E-state index in [4.69, 9.17) is 0 Å². The third kappa shape index (κ3) is 4.91. The van der Waals surface area contributed by atoms with Crippen LogP contribution in [-0.2, 0) is 0 Å². The van der Waals surface area contributed by atoms with Crippen LogP contribution >= 0.6 is 0 Å². The number of hydrogen-bond donors (Lipinski definition) is 1. The summed E-state index contributed by atoms with van der Waals surface area (Å²) in [4.78, 5) is 0. The van der Waals surface area contributed by atoms with Crippen molar-refractivity contribution in [2.24, 2.45) is 0 Å². The summed E-state index contributed by atoms with van der Waals surface area (Å²) in [6.45, 7) is 7.98. The lowest BCUT2D eigenvalue weighted by atomic mass is 9.90. The third-order valence-corrected chi connectivity index (χ3v) is 3.45. The van der Waals surface area contributed by atoms with Crippen molar-refractivity contribution in [1.29, 1.82) is 0 Å². The fourth-order valence-corrected chi connectivity index (χ4v) is 2.27. The predicted molar refractivity (Wildman–Crippen MR) is 76.5 cm³/mol. The van der Waals surface area contributed by atoms with Gasteiger partial charge >= 0.3 is 0 Å². The van der Waals surface area contributed by atoms with Gasteiger partial charge in [0.1, 0.15) is 0 Å². The fraction of sp³-hybridized carbons (Fsp3) is 0.625.